The van der Waals surface area contributed by atoms with Crippen molar-refractivity contribution in [3.63, 3.8) is 0 Å². The van der Waals surface area contributed by atoms with Crippen molar-refractivity contribution in [1.82, 2.24) is 0 Å². The summed E-state index contributed by atoms with van der Waals surface area (Å²) in [5, 5.41) is 0. The number of nitrogens with zero attached hydrogens (tertiary/aromatic N) is 1. The Morgan fingerprint density at radius 2 is 2.00 bits per heavy atom. The molecule has 6 heteroatoms. The number of benzene rings is 1. The highest BCUT2D eigenvalue weighted by molar-refractivity contribution is 9.11. The summed E-state index contributed by atoms with van der Waals surface area (Å²) in [6.07, 6.45) is 1.80. The highest BCUT2D eigenvalue weighted by Crippen LogP contribution is 2.38. The molecule has 1 aromatic carbocycles. The van der Waals surface area contributed by atoms with Crippen LogP contribution < -0.4 is 4.31 Å². The summed E-state index contributed by atoms with van der Waals surface area (Å²) in [5.74, 6) is 0. The lowest BCUT2D eigenvalue weighted by Gasteiger charge is -2.31. The fraction of sp³-hybridized carbons (Fsp3) is 0.333. The van der Waals surface area contributed by atoms with Crippen molar-refractivity contribution in [2.24, 2.45) is 0 Å². The molecule has 0 spiro atoms. The highest BCUT2D eigenvalue weighted by atomic mass is 79.9. The van der Waals surface area contributed by atoms with Gasteiger partial charge >= 0.3 is 0 Å². The van der Waals surface area contributed by atoms with E-state index in [0.29, 0.717) is 10.8 Å². The van der Waals surface area contributed by atoms with Crippen LogP contribution in [-0.4, -0.2) is 15.0 Å². The Hall–Kier alpha value is -0.850. The van der Waals surface area contributed by atoms with Gasteiger partial charge in [0.05, 0.1) is 9.47 Å². The second kappa shape index (κ2) is 5.41. The maximum atomic E-state index is 13.0. The predicted octanol–water partition coefficient (Wildman–Crippen LogP) is 4.27. The minimum Gasteiger partial charge on any atom is -0.265 e. The standard InChI is InChI=1S/C15H16BrNO2S2/c1-10-5-3-6-12-7-4-8-17(14(10)12)21(18,19)13-9-11(2)15(16)20-13/h3,5-6,9H,4,7-8H2,1-2H3. The van der Waals surface area contributed by atoms with Gasteiger partial charge in [0.15, 0.2) is 0 Å². The molecular weight excluding hydrogens is 370 g/mol. The van der Waals surface area contributed by atoms with Gasteiger partial charge in [-0.3, -0.25) is 4.31 Å². The van der Waals surface area contributed by atoms with Crippen molar-refractivity contribution < 1.29 is 8.42 Å². The topological polar surface area (TPSA) is 37.4 Å². The Morgan fingerprint density at radius 1 is 1.24 bits per heavy atom. The van der Waals surface area contributed by atoms with Crippen LogP contribution in [0.4, 0.5) is 5.69 Å². The SMILES string of the molecule is Cc1cc(S(=O)(=O)N2CCCc3cccc(C)c32)sc1Br. The van der Waals surface area contributed by atoms with E-state index in [1.165, 1.54) is 11.3 Å². The second-order valence-corrected chi connectivity index (χ2v) is 9.74. The first kappa shape index (κ1) is 15.1. The molecule has 0 bridgehead atoms. The number of halogens is 1. The molecule has 2 heterocycles. The van der Waals surface area contributed by atoms with Gasteiger partial charge in [-0.1, -0.05) is 18.2 Å². The number of sulfonamides is 1. The Bertz CT molecular complexity index is 777. The first-order valence-corrected chi connectivity index (χ1v) is 9.83. The number of anilines is 1. The van der Waals surface area contributed by atoms with Crippen LogP contribution in [0.15, 0.2) is 32.3 Å². The zero-order valence-corrected chi connectivity index (χ0v) is 15.1. The van der Waals surface area contributed by atoms with Gasteiger partial charge in [-0.15, -0.1) is 11.3 Å². The van der Waals surface area contributed by atoms with Crippen LogP contribution in [0, 0.1) is 13.8 Å². The van der Waals surface area contributed by atoms with Gasteiger partial charge in [-0.25, -0.2) is 8.42 Å². The zero-order chi connectivity index (χ0) is 15.2. The summed E-state index contributed by atoms with van der Waals surface area (Å²) < 4.78 is 28.8. The first-order chi connectivity index (χ1) is 9.91. The molecule has 1 aromatic heterocycles. The van der Waals surface area contributed by atoms with Gasteiger partial charge in [-0.05, 0) is 65.4 Å². The largest absolute Gasteiger partial charge is 0.273 e. The highest BCUT2D eigenvalue weighted by Gasteiger charge is 2.31. The minimum atomic E-state index is -3.48. The number of rotatable bonds is 2. The molecule has 0 amide bonds. The quantitative estimate of drug-likeness (QED) is 0.773. The molecule has 1 aliphatic heterocycles. The van der Waals surface area contributed by atoms with Crippen molar-refractivity contribution in [1.29, 1.82) is 0 Å². The normalized spacial score (nSPS) is 15.1. The van der Waals surface area contributed by atoms with Crippen LogP contribution in [0.25, 0.3) is 0 Å². The Labute approximate surface area is 137 Å². The van der Waals surface area contributed by atoms with Crippen LogP contribution in [0.5, 0.6) is 0 Å². The zero-order valence-electron chi connectivity index (χ0n) is 11.9. The average Bonchev–Trinajstić information content (AvgIpc) is 2.79. The molecule has 0 saturated carbocycles. The van der Waals surface area contributed by atoms with E-state index in [4.69, 9.17) is 0 Å². The van der Waals surface area contributed by atoms with Gasteiger partial charge in [0.25, 0.3) is 10.0 Å². The molecule has 0 fully saturated rings. The van der Waals surface area contributed by atoms with Gasteiger partial charge in [0, 0.05) is 6.54 Å². The van der Waals surface area contributed by atoms with E-state index in [2.05, 4.69) is 15.9 Å². The van der Waals surface area contributed by atoms with Crippen LogP contribution in [0.3, 0.4) is 0 Å². The smallest absolute Gasteiger partial charge is 0.265 e. The van der Waals surface area contributed by atoms with Crippen molar-refractivity contribution >= 4 is 43.0 Å². The summed E-state index contributed by atoms with van der Waals surface area (Å²) in [5.41, 5.74) is 3.96. The molecule has 0 unspecified atom stereocenters. The van der Waals surface area contributed by atoms with Crippen molar-refractivity contribution in [2.75, 3.05) is 10.8 Å². The van der Waals surface area contributed by atoms with E-state index in [1.54, 1.807) is 10.4 Å². The van der Waals surface area contributed by atoms with E-state index in [9.17, 15) is 8.42 Å². The lowest BCUT2D eigenvalue weighted by atomic mass is 10.0. The number of para-hydroxylation sites is 1. The molecule has 0 atom stereocenters. The van der Waals surface area contributed by atoms with Crippen molar-refractivity contribution in [3.05, 3.63) is 44.7 Å². The summed E-state index contributed by atoms with van der Waals surface area (Å²) >= 11 is 4.70. The molecule has 0 aliphatic carbocycles. The summed E-state index contributed by atoms with van der Waals surface area (Å²) in [4.78, 5) is 0. The molecule has 21 heavy (non-hydrogen) atoms. The lowest BCUT2D eigenvalue weighted by molar-refractivity contribution is 0.588. The maximum Gasteiger partial charge on any atom is 0.273 e. The molecule has 0 N–H and O–H groups in total. The van der Waals surface area contributed by atoms with Gasteiger partial charge in [0.2, 0.25) is 0 Å². The van der Waals surface area contributed by atoms with Crippen molar-refractivity contribution in [2.45, 2.75) is 30.9 Å². The van der Waals surface area contributed by atoms with E-state index in [-0.39, 0.29) is 0 Å². The second-order valence-electron chi connectivity index (χ2n) is 5.29. The number of fused-ring (bicyclic) bond motifs is 1. The van der Waals surface area contributed by atoms with Crippen LogP contribution >= 0.6 is 27.3 Å². The molecule has 3 rings (SSSR count). The van der Waals surface area contributed by atoms with Gasteiger partial charge < -0.3 is 0 Å². The summed E-state index contributed by atoms with van der Waals surface area (Å²) in [6.45, 7) is 4.44. The number of hydrogen-bond acceptors (Lipinski definition) is 3. The summed E-state index contributed by atoms with van der Waals surface area (Å²) in [6, 6.07) is 7.74. The van der Waals surface area contributed by atoms with E-state index < -0.39 is 10.0 Å². The monoisotopic (exact) mass is 385 g/mol. The van der Waals surface area contributed by atoms with E-state index in [1.807, 2.05) is 32.0 Å². The van der Waals surface area contributed by atoms with Crippen molar-refractivity contribution in [3.8, 4) is 0 Å². The minimum absolute atomic E-state index is 0.406. The number of hydrogen-bond donors (Lipinski definition) is 0. The molecule has 1 aliphatic rings. The van der Waals surface area contributed by atoms with Crippen LogP contribution in [-0.2, 0) is 16.4 Å². The average molecular weight is 386 g/mol. The summed E-state index contributed by atoms with van der Waals surface area (Å²) in [7, 11) is -3.48. The molecule has 3 nitrogen and oxygen atoms in total. The third-order valence-corrected chi connectivity index (χ3v) is 8.14. The third-order valence-electron chi connectivity index (χ3n) is 3.76. The number of thiophene rings is 1. The number of aryl methyl sites for hydroxylation is 3. The Balaban J connectivity index is 2.14. The first-order valence-electron chi connectivity index (χ1n) is 6.78. The molecule has 2 aromatic rings. The fourth-order valence-electron chi connectivity index (χ4n) is 2.71. The third kappa shape index (κ3) is 2.53. The molecule has 0 saturated heterocycles. The van der Waals surface area contributed by atoms with Crippen LogP contribution in [0.2, 0.25) is 0 Å². The van der Waals surface area contributed by atoms with E-state index in [0.717, 1.165) is 39.0 Å². The predicted molar refractivity (Wildman–Crippen MR) is 90.8 cm³/mol. The maximum absolute atomic E-state index is 13.0. The van der Waals surface area contributed by atoms with Gasteiger partial charge in [0.1, 0.15) is 4.21 Å². The lowest BCUT2D eigenvalue weighted by Crippen LogP contribution is -2.35. The van der Waals surface area contributed by atoms with Gasteiger partial charge in [-0.2, -0.15) is 0 Å². The molecule has 0 radical (unpaired) electrons. The Morgan fingerprint density at radius 3 is 2.67 bits per heavy atom. The van der Waals surface area contributed by atoms with Crippen LogP contribution in [0.1, 0.15) is 23.1 Å². The Kier molecular flexibility index (Phi) is 3.88. The fourth-order valence-corrected chi connectivity index (χ4v) is 6.66. The molecule has 112 valence electrons. The molecular formula is C15H16BrNO2S2. The van der Waals surface area contributed by atoms with E-state index >= 15 is 0 Å².